The van der Waals surface area contributed by atoms with Crippen molar-refractivity contribution in [2.75, 3.05) is 14.2 Å². The number of ether oxygens (including phenoxy) is 2. The van der Waals surface area contributed by atoms with E-state index in [0.717, 1.165) is 19.3 Å². The molecule has 0 N–H and O–H groups in total. The minimum Gasteiger partial charge on any atom is -0.469 e. The van der Waals surface area contributed by atoms with Crippen LogP contribution in [0.15, 0.2) is 0 Å². The van der Waals surface area contributed by atoms with Crippen LogP contribution in [0.1, 0.15) is 96.8 Å². The smallest absolute Gasteiger partial charge is 0.305 e. The lowest BCUT2D eigenvalue weighted by molar-refractivity contribution is -0.142. The lowest BCUT2D eigenvalue weighted by Crippen LogP contribution is -2.06. The third-order valence-corrected chi connectivity index (χ3v) is 4.55. The molecule has 0 saturated heterocycles. The molecule has 0 aromatic heterocycles. The first-order valence-corrected chi connectivity index (χ1v) is 9.73. The van der Waals surface area contributed by atoms with Gasteiger partial charge in [0.2, 0.25) is 0 Å². The molecule has 0 amide bonds. The number of unbranched alkanes of at least 4 members (excludes halogenated alkanes) is 10. The molecule has 4 nitrogen and oxygen atoms in total. The monoisotopic (exact) mass is 342 g/mol. The van der Waals surface area contributed by atoms with E-state index in [1.54, 1.807) is 0 Å². The van der Waals surface area contributed by atoms with Gasteiger partial charge in [-0.05, 0) is 12.3 Å². The van der Waals surface area contributed by atoms with Crippen molar-refractivity contribution in [3.63, 3.8) is 0 Å². The fourth-order valence-electron chi connectivity index (χ4n) is 2.93. The maximum atomic E-state index is 11.1. The largest absolute Gasteiger partial charge is 0.469 e. The van der Waals surface area contributed by atoms with Crippen LogP contribution in [0.4, 0.5) is 0 Å². The van der Waals surface area contributed by atoms with E-state index in [4.69, 9.17) is 4.74 Å². The molecule has 1 atom stereocenters. The number of esters is 2. The fourth-order valence-corrected chi connectivity index (χ4v) is 2.93. The zero-order valence-corrected chi connectivity index (χ0v) is 16.1. The van der Waals surface area contributed by atoms with E-state index in [9.17, 15) is 9.59 Å². The standard InChI is InChI=1S/C20H38O4/c1-18(17-20(22)24-3)15-13-11-9-7-5-4-6-8-10-12-14-16-19(21)23-2/h18H,4-17H2,1-3H3. The van der Waals surface area contributed by atoms with E-state index in [1.165, 1.54) is 72.0 Å². The molecular weight excluding hydrogens is 304 g/mol. The predicted octanol–water partition coefficient (Wildman–Crippen LogP) is 5.43. The summed E-state index contributed by atoms with van der Waals surface area (Å²) in [5.41, 5.74) is 0. The van der Waals surface area contributed by atoms with Gasteiger partial charge in [-0.1, -0.05) is 77.6 Å². The van der Waals surface area contributed by atoms with Crippen LogP contribution in [0.2, 0.25) is 0 Å². The number of rotatable bonds is 16. The van der Waals surface area contributed by atoms with Gasteiger partial charge >= 0.3 is 11.9 Å². The van der Waals surface area contributed by atoms with Crippen LogP contribution in [0.25, 0.3) is 0 Å². The molecule has 0 aromatic carbocycles. The van der Waals surface area contributed by atoms with E-state index in [2.05, 4.69) is 11.7 Å². The Morgan fingerprint density at radius 2 is 1.08 bits per heavy atom. The van der Waals surface area contributed by atoms with Crippen molar-refractivity contribution in [1.29, 1.82) is 0 Å². The molecule has 4 heteroatoms. The Kier molecular flexibility index (Phi) is 16.0. The van der Waals surface area contributed by atoms with Crippen LogP contribution in [-0.4, -0.2) is 26.2 Å². The molecule has 0 spiro atoms. The van der Waals surface area contributed by atoms with Crippen molar-refractivity contribution in [3.8, 4) is 0 Å². The summed E-state index contributed by atoms with van der Waals surface area (Å²) >= 11 is 0. The Morgan fingerprint density at radius 3 is 1.54 bits per heavy atom. The van der Waals surface area contributed by atoms with Gasteiger partial charge in [0.05, 0.1) is 14.2 Å². The highest BCUT2D eigenvalue weighted by Gasteiger charge is 2.08. The summed E-state index contributed by atoms with van der Waals surface area (Å²) in [6, 6.07) is 0. The average molecular weight is 343 g/mol. The van der Waals surface area contributed by atoms with Crippen molar-refractivity contribution in [2.45, 2.75) is 96.8 Å². The van der Waals surface area contributed by atoms with Gasteiger partial charge in [-0.15, -0.1) is 0 Å². The van der Waals surface area contributed by atoms with Gasteiger partial charge in [-0.25, -0.2) is 0 Å². The average Bonchev–Trinajstić information content (AvgIpc) is 2.58. The second-order valence-electron chi connectivity index (χ2n) is 6.89. The van der Waals surface area contributed by atoms with Gasteiger partial charge in [0.15, 0.2) is 0 Å². The van der Waals surface area contributed by atoms with Crippen molar-refractivity contribution in [3.05, 3.63) is 0 Å². The van der Waals surface area contributed by atoms with E-state index in [-0.39, 0.29) is 11.9 Å². The zero-order chi connectivity index (χ0) is 18.0. The molecule has 0 rings (SSSR count). The number of carbonyl (C=O) groups is 2. The minimum atomic E-state index is -0.0900. The molecule has 142 valence electrons. The lowest BCUT2D eigenvalue weighted by Gasteiger charge is -2.09. The van der Waals surface area contributed by atoms with E-state index >= 15 is 0 Å². The van der Waals surface area contributed by atoms with Gasteiger partial charge in [-0.3, -0.25) is 9.59 Å². The van der Waals surface area contributed by atoms with Gasteiger partial charge in [0, 0.05) is 12.8 Å². The normalized spacial score (nSPS) is 12.0. The van der Waals surface area contributed by atoms with Crippen LogP contribution in [0.3, 0.4) is 0 Å². The summed E-state index contributed by atoms with van der Waals surface area (Å²) in [6.45, 7) is 2.13. The van der Waals surface area contributed by atoms with Crippen LogP contribution in [-0.2, 0) is 19.1 Å². The quantitative estimate of drug-likeness (QED) is 0.277. The predicted molar refractivity (Wildman–Crippen MR) is 97.8 cm³/mol. The number of methoxy groups -OCH3 is 2. The first-order chi connectivity index (χ1) is 11.6. The fraction of sp³-hybridized carbons (Fsp3) is 0.900. The van der Waals surface area contributed by atoms with Crippen LogP contribution in [0.5, 0.6) is 0 Å². The highest BCUT2D eigenvalue weighted by atomic mass is 16.5. The molecule has 0 radical (unpaired) electrons. The van der Waals surface area contributed by atoms with Gasteiger partial charge < -0.3 is 9.47 Å². The summed E-state index contributed by atoms with van der Waals surface area (Å²) < 4.78 is 9.32. The Labute approximate surface area is 148 Å². The molecule has 0 bridgehead atoms. The van der Waals surface area contributed by atoms with Gasteiger partial charge in [0.1, 0.15) is 0 Å². The summed E-state index contributed by atoms with van der Waals surface area (Å²) in [6.07, 6.45) is 16.0. The first-order valence-electron chi connectivity index (χ1n) is 9.73. The summed E-state index contributed by atoms with van der Waals surface area (Å²) in [5, 5.41) is 0. The summed E-state index contributed by atoms with van der Waals surface area (Å²) in [7, 11) is 2.91. The lowest BCUT2D eigenvalue weighted by atomic mass is 9.99. The molecule has 0 aromatic rings. The third-order valence-electron chi connectivity index (χ3n) is 4.55. The Balaban J connectivity index is 3.17. The Hall–Kier alpha value is -1.06. The van der Waals surface area contributed by atoms with Crippen LogP contribution >= 0.6 is 0 Å². The molecule has 1 unspecified atom stereocenters. The minimum absolute atomic E-state index is 0.0882. The zero-order valence-electron chi connectivity index (χ0n) is 16.1. The molecule has 0 heterocycles. The second-order valence-corrected chi connectivity index (χ2v) is 6.89. The van der Waals surface area contributed by atoms with Crippen LogP contribution < -0.4 is 0 Å². The van der Waals surface area contributed by atoms with E-state index < -0.39 is 0 Å². The second kappa shape index (κ2) is 16.8. The van der Waals surface area contributed by atoms with Gasteiger partial charge in [0.25, 0.3) is 0 Å². The number of hydrogen-bond donors (Lipinski definition) is 0. The van der Waals surface area contributed by atoms with Gasteiger partial charge in [-0.2, -0.15) is 0 Å². The summed E-state index contributed by atoms with van der Waals surface area (Å²) in [5.74, 6) is 0.263. The van der Waals surface area contributed by atoms with Crippen molar-refractivity contribution >= 4 is 11.9 Å². The molecule has 0 fully saturated rings. The van der Waals surface area contributed by atoms with E-state index in [1.807, 2.05) is 0 Å². The van der Waals surface area contributed by atoms with Crippen molar-refractivity contribution in [1.82, 2.24) is 0 Å². The molecular formula is C20H38O4. The highest BCUT2D eigenvalue weighted by molar-refractivity contribution is 5.69. The van der Waals surface area contributed by atoms with Crippen molar-refractivity contribution in [2.24, 2.45) is 5.92 Å². The number of carbonyl (C=O) groups excluding carboxylic acids is 2. The molecule has 24 heavy (non-hydrogen) atoms. The first kappa shape index (κ1) is 22.9. The topological polar surface area (TPSA) is 52.6 Å². The van der Waals surface area contributed by atoms with Crippen LogP contribution in [0, 0.1) is 5.92 Å². The SMILES string of the molecule is COC(=O)CCCCCCCCCCCCCC(C)CC(=O)OC. The molecule has 0 aliphatic heterocycles. The summed E-state index contributed by atoms with van der Waals surface area (Å²) in [4.78, 5) is 22.1. The maximum Gasteiger partial charge on any atom is 0.305 e. The Morgan fingerprint density at radius 1 is 0.667 bits per heavy atom. The van der Waals surface area contributed by atoms with Crippen molar-refractivity contribution < 1.29 is 19.1 Å². The molecule has 0 aliphatic carbocycles. The highest BCUT2D eigenvalue weighted by Crippen LogP contribution is 2.16. The van der Waals surface area contributed by atoms with E-state index in [0.29, 0.717) is 18.8 Å². The molecule has 0 saturated carbocycles. The number of hydrogen-bond acceptors (Lipinski definition) is 4. The third kappa shape index (κ3) is 15.8. The Bertz CT molecular complexity index is 315. The molecule has 0 aliphatic rings. The maximum absolute atomic E-state index is 11.1.